The summed E-state index contributed by atoms with van der Waals surface area (Å²) in [6, 6.07) is 9.88. The molecule has 1 amide bonds. The monoisotopic (exact) mass is 472 g/mol. The summed E-state index contributed by atoms with van der Waals surface area (Å²) >= 11 is 0. The number of aromatic nitrogens is 3. The summed E-state index contributed by atoms with van der Waals surface area (Å²) in [7, 11) is 0. The van der Waals surface area contributed by atoms with E-state index in [4.69, 9.17) is 5.26 Å². The van der Waals surface area contributed by atoms with Crippen molar-refractivity contribution in [1.29, 1.82) is 5.26 Å². The molecule has 2 aliphatic carbocycles. The van der Waals surface area contributed by atoms with Crippen molar-refractivity contribution in [2.45, 2.75) is 71.1 Å². The lowest BCUT2D eigenvalue weighted by molar-refractivity contribution is -0.127. The van der Waals surface area contributed by atoms with Gasteiger partial charge in [-0.3, -0.25) is 9.78 Å². The van der Waals surface area contributed by atoms with Gasteiger partial charge in [-0.2, -0.15) is 10.4 Å². The third-order valence-corrected chi connectivity index (χ3v) is 7.54. The smallest absolute Gasteiger partial charge is 0.255 e. The maximum atomic E-state index is 13.2. The van der Waals surface area contributed by atoms with E-state index in [-0.39, 0.29) is 23.4 Å². The van der Waals surface area contributed by atoms with Crippen LogP contribution in [-0.2, 0) is 0 Å². The van der Waals surface area contributed by atoms with Crippen molar-refractivity contribution in [2.24, 2.45) is 11.3 Å². The average molecular weight is 473 g/mol. The topological polar surface area (TPSA) is 115 Å². The Hall–Kier alpha value is -3.44. The van der Waals surface area contributed by atoms with Gasteiger partial charge >= 0.3 is 0 Å². The van der Waals surface area contributed by atoms with Gasteiger partial charge in [0, 0.05) is 18.3 Å². The highest BCUT2D eigenvalue weighted by atomic mass is 16.3. The lowest BCUT2D eigenvalue weighted by Crippen LogP contribution is -2.59. The quantitative estimate of drug-likeness (QED) is 0.496. The van der Waals surface area contributed by atoms with Crippen LogP contribution in [0.1, 0.15) is 69.3 Å². The van der Waals surface area contributed by atoms with Crippen molar-refractivity contribution >= 4 is 17.1 Å². The Morgan fingerprint density at radius 1 is 1.23 bits per heavy atom. The Labute approximate surface area is 205 Å². The Morgan fingerprint density at radius 2 is 1.97 bits per heavy atom. The van der Waals surface area contributed by atoms with Crippen LogP contribution >= 0.6 is 0 Å². The molecule has 0 aliphatic heterocycles. The number of rotatable bonds is 6. The molecule has 3 N–H and O–H groups in total. The molecule has 5 rings (SSSR count). The molecule has 0 unspecified atom stereocenters. The Bertz CT molecular complexity index is 1320. The molecule has 182 valence electrons. The van der Waals surface area contributed by atoms with Crippen LogP contribution in [0.5, 0.6) is 0 Å². The van der Waals surface area contributed by atoms with E-state index in [1.165, 1.54) is 6.20 Å². The van der Waals surface area contributed by atoms with Crippen molar-refractivity contribution in [2.75, 3.05) is 5.32 Å². The van der Waals surface area contributed by atoms with E-state index in [0.29, 0.717) is 22.7 Å². The number of nitrogens with one attached hydrogen (secondary N) is 2. The molecule has 2 fully saturated rings. The van der Waals surface area contributed by atoms with Crippen LogP contribution in [0.25, 0.3) is 16.9 Å². The molecular weight excluding hydrogens is 440 g/mol. The van der Waals surface area contributed by atoms with Gasteiger partial charge in [0.15, 0.2) is 0 Å². The molecule has 2 aliphatic rings. The fourth-order valence-electron chi connectivity index (χ4n) is 5.63. The lowest BCUT2D eigenvalue weighted by Gasteiger charge is -2.60. The first-order valence-corrected chi connectivity index (χ1v) is 12.2. The first kappa shape index (κ1) is 23.3. The maximum Gasteiger partial charge on any atom is 0.255 e. The molecule has 0 bridgehead atoms. The Kier molecular flexibility index (Phi) is 5.56. The zero-order chi connectivity index (χ0) is 25.0. The predicted octanol–water partition coefficient (Wildman–Crippen LogP) is 4.15. The van der Waals surface area contributed by atoms with Gasteiger partial charge in [0.25, 0.3) is 5.91 Å². The van der Waals surface area contributed by atoms with Crippen LogP contribution in [0.2, 0.25) is 0 Å². The summed E-state index contributed by atoms with van der Waals surface area (Å²) < 4.78 is 1.75. The third kappa shape index (κ3) is 4.37. The van der Waals surface area contributed by atoms with Gasteiger partial charge < -0.3 is 15.7 Å². The number of carbonyl (C=O) groups excluding carboxylic acids is 1. The van der Waals surface area contributed by atoms with Gasteiger partial charge in [0.2, 0.25) is 0 Å². The van der Waals surface area contributed by atoms with Crippen molar-refractivity contribution < 1.29 is 9.90 Å². The van der Waals surface area contributed by atoms with Gasteiger partial charge in [-0.25, -0.2) is 4.52 Å². The van der Waals surface area contributed by atoms with Gasteiger partial charge in [-0.15, -0.1) is 0 Å². The summed E-state index contributed by atoms with van der Waals surface area (Å²) in [5.41, 5.74) is 3.70. The van der Waals surface area contributed by atoms with Crippen molar-refractivity contribution in [3.63, 3.8) is 0 Å². The van der Waals surface area contributed by atoms with Crippen LogP contribution < -0.4 is 10.6 Å². The first-order valence-electron chi connectivity index (χ1n) is 12.2. The fourth-order valence-corrected chi connectivity index (χ4v) is 5.63. The second-order valence-electron chi connectivity index (χ2n) is 11.2. The van der Waals surface area contributed by atoms with Crippen LogP contribution in [0, 0.1) is 22.7 Å². The molecule has 0 saturated heterocycles. The number of pyridine rings is 1. The van der Waals surface area contributed by atoms with Gasteiger partial charge in [0.1, 0.15) is 6.07 Å². The molecule has 35 heavy (non-hydrogen) atoms. The first-order chi connectivity index (χ1) is 16.6. The van der Waals surface area contributed by atoms with Crippen LogP contribution in [0.3, 0.4) is 0 Å². The second-order valence-corrected chi connectivity index (χ2v) is 11.2. The van der Waals surface area contributed by atoms with E-state index in [2.05, 4.69) is 26.8 Å². The van der Waals surface area contributed by atoms with Crippen molar-refractivity contribution in [1.82, 2.24) is 19.9 Å². The Morgan fingerprint density at radius 3 is 2.63 bits per heavy atom. The van der Waals surface area contributed by atoms with Gasteiger partial charge in [-0.1, -0.05) is 0 Å². The number of fused-ring (bicyclic) bond motifs is 1. The number of hydrogen-bond donors (Lipinski definition) is 3. The number of hydrogen-bond acceptors (Lipinski definition) is 6. The van der Waals surface area contributed by atoms with E-state index >= 15 is 0 Å². The minimum absolute atomic E-state index is 0.123. The molecule has 0 aromatic carbocycles. The minimum atomic E-state index is -0.622. The highest BCUT2D eigenvalue weighted by molar-refractivity contribution is 6.00. The standard InChI is InChI=1S/C27H32N6O2/c1-16(2)31-22-8-23(24-6-5-20-7-17(13-28)14-30-33(20)24)29-15-21(22)25(34)32-19-11-27(12-19)9-18(10-27)26(3,4)35/h5-8,14-16,18-19,35H,9-12H2,1-4H3,(H,29,31)(H,32,34). The van der Waals surface area contributed by atoms with E-state index < -0.39 is 5.60 Å². The SMILES string of the molecule is CC(C)Nc1cc(-c2ccc3cc(C#N)cnn23)ncc1C(=O)NC1CC2(C1)CC(C(C)(C)O)C2. The second kappa shape index (κ2) is 8.35. The van der Waals surface area contributed by atoms with E-state index in [1.807, 2.05) is 45.9 Å². The van der Waals surface area contributed by atoms with Crippen LogP contribution in [0.4, 0.5) is 5.69 Å². The highest BCUT2D eigenvalue weighted by Gasteiger charge is 2.56. The molecule has 8 nitrogen and oxygen atoms in total. The molecule has 0 atom stereocenters. The molecule has 3 aromatic heterocycles. The Balaban J connectivity index is 1.33. The molecule has 8 heteroatoms. The largest absolute Gasteiger partial charge is 0.390 e. The molecule has 1 spiro atoms. The minimum Gasteiger partial charge on any atom is -0.390 e. The number of nitrogens with zero attached hydrogens (tertiary/aromatic N) is 4. The van der Waals surface area contributed by atoms with E-state index in [0.717, 1.165) is 42.6 Å². The summed E-state index contributed by atoms with van der Waals surface area (Å²) in [6.45, 7) is 7.84. The van der Waals surface area contributed by atoms with Crippen molar-refractivity contribution in [3.8, 4) is 17.5 Å². The zero-order valence-electron chi connectivity index (χ0n) is 20.7. The number of amides is 1. The molecule has 2 saturated carbocycles. The van der Waals surface area contributed by atoms with Crippen LogP contribution in [0.15, 0.2) is 36.7 Å². The van der Waals surface area contributed by atoms with Crippen molar-refractivity contribution in [3.05, 3.63) is 47.8 Å². The summed E-state index contributed by atoms with van der Waals surface area (Å²) in [5.74, 6) is 0.228. The average Bonchev–Trinajstić information content (AvgIpc) is 3.16. The zero-order valence-corrected chi connectivity index (χ0v) is 20.7. The molecule has 0 radical (unpaired) electrons. The molecular formula is C27H32N6O2. The summed E-state index contributed by atoms with van der Waals surface area (Å²) in [6.07, 6.45) is 7.17. The third-order valence-electron chi connectivity index (χ3n) is 7.54. The predicted molar refractivity (Wildman–Crippen MR) is 134 cm³/mol. The highest BCUT2D eigenvalue weighted by Crippen LogP contribution is 2.61. The summed E-state index contributed by atoms with van der Waals surface area (Å²) in [5, 5.41) is 30.3. The van der Waals surface area contributed by atoms with E-state index in [9.17, 15) is 9.90 Å². The molecule has 3 heterocycles. The van der Waals surface area contributed by atoms with E-state index in [1.54, 1.807) is 16.8 Å². The number of anilines is 1. The number of aliphatic hydroxyl groups is 1. The molecule has 3 aromatic rings. The maximum absolute atomic E-state index is 13.2. The number of carbonyl (C=O) groups is 1. The summed E-state index contributed by atoms with van der Waals surface area (Å²) in [4.78, 5) is 17.8. The normalized spacial score (nSPS) is 23.6. The van der Waals surface area contributed by atoms with Gasteiger partial charge in [0.05, 0.1) is 45.5 Å². The van der Waals surface area contributed by atoms with Gasteiger partial charge in [-0.05, 0) is 89.0 Å². The number of nitriles is 1. The van der Waals surface area contributed by atoms with Crippen LogP contribution in [-0.4, -0.2) is 43.3 Å². The lowest BCUT2D eigenvalue weighted by atomic mass is 9.47. The fraction of sp³-hybridized carbons (Fsp3) is 0.481.